The lowest BCUT2D eigenvalue weighted by Crippen LogP contribution is -2.36. The molecule has 0 heterocycles. The molecule has 2 N–H and O–H groups in total. The van der Waals surface area contributed by atoms with E-state index in [1.807, 2.05) is 55.5 Å². The Labute approximate surface area is 141 Å². The van der Waals surface area contributed by atoms with E-state index >= 15 is 0 Å². The van der Waals surface area contributed by atoms with Gasteiger partial charge in [-0.3, -0.25) is 0 Å². The van der Waals surface area contributed by atoms with Gasteiger partial charge in [0.1, 0.15) is 5.75 Å². The van der Waals surface area contributed by atoms with Crippen molar-refractivity contribution in [1.82, 2.24) is 10.6 Å². The van der Waals surface area contributed by atoms with Crippen LogP contribution < -0.4 is 15.4 Å². The summed E-state index contributed by atoms with van der Waals surface area (Å²) in [6.07, 6.45) is 0.747. The van der Waals surface area contributed by atoms with Crippen LogP contribution in [0.2, 0.25) is 5.02 Å². The average molecular weight is 333 g/mol. The number of benzene rings is 2. The van der Waals surface area contributed by atoms with Crippen LogP contribution >= 0.6 is 11.6 Å². The zero-order valence-corrected chi connectivity index (χ0v) is 13.9. The molecule has 0 aliphatic rings. The summed E-state index contributed by atoms with van der Waals surface area (Å²) in [5.41, 5.74) is 2.13. The minimum atomic E-state index is -0.180. The van der Waals surface area contributed by atoms with Gasteiger partial charge >= 0.3 is 6.03 Å². The first-order chi connectivity index (χ1) is 11.2. The first-order valence-corrected chi connectivity index (χ1v) is 8.03. The minimum Gasteiger partial charge on any atom is -0.494 e. The van der Waals surface area contributed by atoms with E-state index in [4.69, 9.17) is 16.3 Å². The molecule has 2 rings (SSSR count). The molecule has 122 valence electrons. The van der Waals surface area contributed by atoms with E-state index in [-0.39, 0.29) is 6.03 Å². The first-order valence-electron chi connectivity index (χ1n) is 7.65. The van der Waals surface area contributed by atoms with E-state index in [1.54, 1.807) is 0 Å². The Bertz CT molecular complexity index is 629. The number of hydrogen-bond acceptors (Lipinski definition) is 2. The topological polar surface area (TPSA) is 50.4 Å². The molecule has 0 aliphatic carbocycles. The molecular weight excluding hydrogens is 312 g/mol. The Morgan fingerprint density at radius 2 is 1.87 bits per heavy atom. The second-order valence-corrected chi connectivity index (χ2v) is 5.50. The van der Waals surface area contributed by atoms with Crippen molar-refractivity contribution in [3.63, 3.8) is 0 Å². The summed E-state index contributed by atoms with van der Waals surface area (Å²) < 4.78 is 5.38. The summed E-state index contributed by atoms with van der Waals surface area (Å²) in [7, 11) is 0. The fourth-order valence-electron chi connectivity index (χ4n) is 2.13. The summed E-state index contributed by atoms with van der Waals surface area (Å²) in [6, 6.07) is 15.1. The molecule has 2 aromatic rings. The molecule has 4 nitrogen and oxygen atoms in total. The molecule has 5 heteroatoms. The maximum atomic E-state index is 11.8. The Morgan fingerprint density at radius 3 is 2.57 bits per heavy atom. The number of urea groups is 1. The van der Waals surface area contributed by atoms with E-state index < -0.39 is 0 Å². The van der Waals surface area contributed by atoms with Crippen molar-refractivity contribution in [2.45, 2.75) is 19.9 Å². The first kappa shape index (κ1) is 17.2. The van der Waals surface area contributed by atoms with Crippen LogP contribution in [0, 0.1) is 0 Å². The van der Waals surface area contributed by atoms with Crippen molar-refractivity contribution in [3.8, 4) is 5.75 Å². The van der Waals surface area contributed by atoms with Crippen LogP contribution in [0.25, 0.3) is 0 Å². The van der Waals surface area contributed by atoms with Crippen LogP contribution in [0.15, 0.2) is 48.5 Å². The maximum Gasteiger partial charge on any atom is 0.315 e. The second-order valence-electron chi connectivity index (χ2n) is 5.07. The largest absolute Gasteiger partial charge is 0.494 e. The Hall–Kier alpha value is -2.20. The summed E-state index contributed by atoms with van der Waals surface area (Å²) in [5.74, 6) is 0.835. The summed E-state index contributed by atoms with van der Waals surface area (Å²) in [5, 5.41) is 6.38. The van der Waals surface area contributed by atoms with Gasteiger partial charge in [-0.25, -0.2) is 4.79 Å². The highest BCUT2D eigenvalue weighted by atomic mass is 35.5. The van der Waals surface area contributed by atoms with Gasteiger partial charge in [0.15, 0.2) is 0 Å². The van der Waals surface area contributed by atoms with E-state index in [0.717, 1.165) is 23.3 Å². The van der Waals surface area contributed by atoms with E-state index in [1.165, 1.54) is 0 Å². The zero-order valence-electron chi connectivity index (χ0n) is 13.1. The highest BCUT2D eigenvalue weighted by Crippen LogP contribution is 2.12. The van der Waals surface area contributed by atoms with Crippen LogP contribution in [0.1, 0.15) is 18.1 Å². The number of rotatable bonds is 7. The molecule has 0 radical (unpaired) electrons. The average Bonchev–Trinajstić information content (AvgIpc) is 2.55. The fraction of sp³-hybridized carbons (Fsp3) is 0.278. The molecule has 23 heavy (non-hydrogen) atoms. The molecule has 0 saturated heterocycles. The van der Waals surface area contributed by atoms with Crippen LogP contribution in [0.5, 0.6) is 5.75 Å². The van der Waals surface area contributed by atoms with Crippen LogP contribution in [0.3, 0.4) is 0 Å². The smallest absolute Gasteiger partial charge is 0.315 e. The Balaban J connectivity index is 1.68. The Kier molecular flexibility index (Phi) is 6.76. The number of carbonyl (C=O) groups excluding carboxylic acids is 1. The molecule has 0 fully saturated rings. The number of ether oxygens (including phenoxy) is 1. The second kappa shape index (κ2) is 9.06. The highest BCUT2D eigenvalue weighted by Gasteiger charge is 2.01. The summed E-state index contributed by atoms with van der Waals surface area (Å²) in [6.45, 7) is 3.64. The predicted molar refractivity (Wildman–Crippen MR) is 93.0 cm³/mol. The lowest BCUT2D eigenvalue weighted by atomic mass is 10.1. The third kappa shape index (κ3) is 6.20. The van der Waals surface area contributed by atoms with Gasteiger partial charge in [0, 0.05) is 18.1 Å². The van der Waals surface area contributed by atoms with Gasteiger partial charge in [0.05, 0.1) is 6.61 Å². The van der Waals surface area contributed by atoms with Crippen LogP contribution in [-0.2, 0) is 13.0 Å². The molecule has 0 spiro atoms. The molecule has 0 aromatic heterocycles. The van der Waals surface area contributed by atoms with Gasteiger partial charge in [0.25, 0.3) is 0 Å². The van der Waals surface area contributed by atoms with Crippen molar-refractivity contribution < 1.29 is 9.53 Å². The third-order valence-electron chi connectivity index (χ3n) is 3.28. The molecule has 0 atom stereocenters. The quantitative estimate of drug-likeness (QED) is 0.810. The Morgan fingerprint density at radius 1 is 1.09 bits per heavy atom. The summed E-state index contributed by atoms with van der Waals surface area (Å²) >= 11 is 5.93. The SMILES string of the molecule is CCOc1ccc(CNC(=O)NCCc2cccc(Cl)c2)cc1. The van der Waals surface area contributed by atoms with Crippen LogP contribution in [-0.4, -0.2) is 19.2 Å². The van der Waals surface area contributed by atoms with Gasteiger partial charge < -0.3 is 15.4 Å². The molecule has 0 bridgehead atoms. The van der Waals surface area contributed by atoms with E-state index in [0.29, 0.717) is 24.7 Å². The normalized spacial score (nSPS) is 10.2. The molecule has 2 amide bonds. The number of carbonyl (C=O) groups is 1. The van der Waals surface area contributed by atoms with Gasteiger partial charge in [-0.2, -0.15) is 0 Å². The van der Waals surface area contributed by atoms with Gasteiger partial charge in [-0.05, 0) is 48.7 Å². The van der Waals surface area contributed by atoms with Gasteiger partial charge in [-0.15, -0.1) is 0 Å². The molecule has 0 aliphatic heterocycles. The van der Waals surface area contributed by atoms with E-state index in [2.05, 4.69) is 10.6 Å². The van der Waals surface area contributed by atoms with E-state index in [9.17, 15) is 4.79 Å². The zero-order chi connectivity index (χ0) is 16.5. The third-order valence-corrected chi connectivity index (χ3v) is 3.51. The van der Waals surface area contributed by atoms with Crippen molar-refractivity contribution in [2.75, 3.05) is 13.2 Å². The molecular formula is C18H21ClN2O2. The van der Waals surface area contributed by atoms with Crippen molar-refractivity contribution in [2.24, 2.45) is 0 Å². The predicted octanol–water partition coefficient (Wildman–Crippen LogP) is 3.78. The van der Waals surface area contributed by atoms with Crippen molar-refractivity contribution >= 4 is 17.6 Å². The lowest BCUT2D eigenvalue weighted by molar-refractivity contribution is 0.240. The lowest BCUT2D eigenvalue weighted by Gasteiger charge is -2.09. The number of nitrogens with one attached hydrogen (secondary N) is 2. The van der Waals surface area contributed by atoms with Gasteiger partial charge in [0.2, 0.25) is 0 Å². The minimum absolute atomic E-state index is 0.180. The number of hydrogen-bond donors (Lipinski definition) is 2. The monoisotopic (exact) mass is 332 g/mol. The fourth-order valence-corrected chi connectivity index (χ4v) is 2.34. The summed E-state index contributed by atoms with van der Waals surface area (Å²) in [4.78, 5) is 11.8. The van der Waals surface area contributed by atoms with Crippen molar-refractivity contribution in [3.05, 3.63) is 64.7 Å². The highest BCUT2D eigenvalue weighted by molar-refractivity contribution is 6.30. The van der Waals surface area contributed by atoms with Crippen LogP contribution in [0.4, 0.5) is 4.79 Å². The molecule has 2 aromatic carbocycles. The molecule has 0 unspecified atom stereocenters. The number of halogens is 1. The van der Waals surface area contributed by atoms with Gasteiger partial charge in [-0.1, -0.05) is 35.9 Å². The number of amides is 2. The van der Waals surface area contributed by atoms with Crippen molar-refractivity contribution in [1.29, 1.82) is 0 Å². The standard InChI is InChI=1S/C18H21ClN2O2/c1-2-23-17-8-6-15(7-9-17)13-21-18(22)20-11-10-14-4-3-5-16(19)12-14/h3-9,12H,2,10-11,13H2,1H3,(H2,20,21,22). The maximum absolute atomic E-state index is 11.8. The molecule has 0 saturated carbocycles.